The second kappa shape index (κ2) is 9.30. The molecule has 0 aliphatic carbocycles. The maximum atomic E-state index is 11.7. The van der Waals surface area contributed by atoms with E-state index in [9.17, 15) is 9.59 Å². The van der Waals surface area contributed by atoms with Crippen molar-refractivity contribution in [3.63, 3.8) is 0 Å². The van der Waals surface area contributed by atoms with Gasteiger partial charge in [0.2, 0.25) is 15.1 Å². The summed E-state index contributed by atoms with van der Waals surface area (Å²) in [5.74, 6) is -1.67. The fourth-order valence-corrected chi connectivity index (χ4v) is 1.47. The van der Waals surface area contributed by atoms with E-state index < -0.39 is 26.5 Å². The van der Waals surface area contributed by atoms with Gasteiger partial charge in [-0.1, -0.05) is 0 Å². The second-order valence-electron chi connectivity index (χ2n) is 4.30. The smallest absolute Gasteiger partial charge is 0.318 e. The predicted octanol–water partition coefficient (Wildman–Crippen LogP) is 3.50. The van der Waals surface area contributed by atoms with E-state index in [1.807, 2.05) is 18.4 Å². The highest BCUT2D eigenvalue weighted by atomic mass is 36.0. The van der Waals surface area contributed by atoms with Crippen LogP contribution in [-0.4, -0.2) is 27.4 Å². The van der Waals surface area contributed by atoms with Crippen LogP contribution >= 0.6 is 33.1 Å². The normalized spacial score (nSPS) is 10.6. The van der Waals surface area contributed by atoms with Crippen LogP contribution in [0.5, 0.6) is 0 Å². The summed E-state index contributed by atoms with van der Waals surface area (Å²) in [5, 5.41) is 11.5. The number of carboxylic acids is 1. The van der Waals surface area contributed by atoms with Gasteiger partial charge >= 0.3 is 5.97 Å². The van der Waals surface area contributed by atoms with Crippen molar-refractivity contribution in [1.82, 2.24) is 0 Å². The highest BCUT2D eigenvalue weighted by Gasteiger charge is 2.35. The second-order valence-corrected chi connectivity index (χ2v) is 7.70. The molecule has 0 spiro atoms. The third-order valence-electron chi connectivity index (χ3n) is 2.45. The van der Waals surface area contributed by atoms with E-state index in [2.05, 4.69) is 26.7 Å². The molecule has 9 heteroatoms. The van der Waals surface area contributed by atoms with Crippen LogP contribution in [0, 0.1) is 5.41 Å². The zero-order chi connectivity index (χ0) is 16.6. The molecule has 0 saturated carbocycles. The van der Waals surface area contributed by atoms with E-state index in [1.54, 1.807) is 23.9 Å². The summed E-state index contributed by atoms with van der Waals surface area (Å²) in [7, 11) is 7.36. The number of benzene rings is 1. The van der Waals surface area contributed by atoms with Crippen molar-refractivity contribution >= 4 is 59.9 Å². The van der Waals surface area contributed by atoms with Crippen LogP contribution in [0.2, 0.25) is 0 Å². The Hall–Kier alpha value is -0.760. The molecule has 0 atom stereocenters. The van der Waals surface area contributed by atoms with Crippen LogP contribution < -0.4 is 5.32 Å². The maximum Gasteiger partial charge on any atom is 0.318 e. The van der Waals surface area contributed by atoms with Gasteiger partial charge < -0.3 is 10.4 Å². The van der Waals surface area contributed by atoms with Gasteiger partial charge in [-0.2, -0.15) is 0 Å². The molecule has 0 unspecified atom stereocenters. The molecule has 1 aromatic rings. The number of carbonyl (C=O) groups excluding carboxylic acids is 1. The van der Waals surface area contributed by atoms with Gasteiger partial charge in [0.25, 0.3) is 0 Å². The first-order valence-corrected chi connectivity index (χ1v) is 9.57. The molecule has 0 fully saturated rings. The molecule has 0 heterocycles. The Morgan fingerprint density at radius 1 is 1.24 bits per heavy atom. The van der Waals surface area contributed by atoms with Crippen molar-refractivity contribution < 1.29 is 18.9 Å². The van der Waals surface area contributed by atoms with Crippen LogP contribution in [0.4, 0.5) is 5.69 Å². The first-order valence-electron chi connectivity index (χ1n) is 5.54. The summed E-state index contributed by atoms with van der Waals surface area (Å²) in [4.78, 5) is 23.7. The summed E-state index contributed by atoms with van der Waals surface area (Å²) in [6.07, 6.45) is 1.96. The maximum absolute atomic E-state index is 11.7. The lowest BCUT2D eigenvalue weighted by atomic mass is 9.92. The Bertz CT molecular complexity index is 516. The lowest BCUT2D eigenvalue weighted by molar-refractivity contribution is -0.151. The number of hydrogen-bond acceptors (Lipinski definition) is 4. The number of halogens is 2. The minimum atomic E-state index is -1.67. The molecule has 2 N–H and O–H groups in total. The molecule has 0 aliphatic heterocycles. The molecule has 1 rings (SSSR count). The molecule has 0 radical (unpaired) electrons. The molecule has 118 valence electrons. The minimum Gasteiger partial charge on any atom is -0.480 e. The molecule has 5 nitrogen and oxygen atoms in total. The Balaban J connectivity index is 0.000000885. The van der Waals surface area contributed by atoms with Crippen LogP contribution in [0.3, 0.4) is 0 Å². The molecule has 0 bridgehead atoms. The van der Waals surface area contributed by atoms with Gasteiger partial charge in [0.05, 0.1) is 0 Å². The number of aliphatic carboxylic acids is 1. The first-order chi connectivity index (χ1) is 9.61. The highest BCUT2D eigenvalue weighted by molar-refractivity contribution is 8.26. The van der Waals surface area contributed by atoms with Crippen LogP contribution in [0.25, 0.3) is 0 Å². The number of anilines is 1. The fourth-order valence-electron chi connectivity index (χ4n) is 1.06. The van der Waals surface area contributed by atoms with Crippen molar-refractivity contribution in [2.75, 3.05) is 11.6 Å². The molecular weight excluding hydrogens is 357 g/mol. The Morgan fingerprint density at radius 3 is 2.00 bits per heavy atom. The van der Waals surface area contributed by atoms with E-state index in [0.29, 0.717) is 5.69 Å². The van der Waals surface area contributed by atoms with Gasteiger partial charge in [0.15, 0.2) is 0 Å². The Kier molecular flexibility index (Phi) is 8.96. The van der Waals surface area contributed by atoms with E-state index in [-0.39, 0.29) is 0 Å². The van der Waals surface area contributed by atoms with Gasteiger partial charge in [-0.3, -0.25) is 9.59 Å². The first kappa shape index (κ1) is 20.2. The molecule has 0 aliphatic rings. The summed E-state index contributed by atoms with van der Waals surface area (Å²) >= 11 is 1.60. The van der Waals surface area contributed by atoms with Crippen molar-refractivity contribution in [3.05, 3.63) is 24.3 Å². The zero-order valence-corrected chi connectivity index (χ0v) is 14.7. The number of amides is 1. The van der Waals surface area contributed by atoms with E-state index in [1.165, 1.54) is 13.8 Å². The third kappa shape index (κ3) is 7.71. The van der Waals surface area contributed by atoms with E-state index in [0.717, 1.165) is 4.90 Å². The minimum absolute atomic E-state index is 0.526. The molecule has 21 heavy (non-hydrogen) atoms. The third-order valence-corrected chi connectivity index (χ3v) is 3.19. The van der Waals surface area contributed by atoms with E-state index >= 15 is 0 Å². The van der Waals surface area contributed by atoms with Gasteiger partial charge in [-0.05, 0) is 44.4 Å². The summed E-state index contributed by atoms with van der Waals surface area (Å²) < 4.78 is 9.09. The standard InChI is InChI=1S/C12H15NO3S.Cl2OS/c1-12(2,11(15)16)10(14)13-8-4-6-9(17-3)7-5-8;1-4(2)3/h4-7H,1-3H3,(H,13,14)(H,15,16);. The van der Waals surface area contributed by atoms with Crippen molar-refractivity contribution in [3.8, 4) is 0 Å². The van der Waals surface area contributed by atoms with Gasteiger partial charge in [-0.15, -0.1) is 11.8 Å². The number of thioether (sulfide) groups is 1. The van der Waals surface area contributed by atoms with Crippen molar-refractivity contribution in [2.24, 2.45) is 5.41 Å². The van der Waals surface area contributed by atoms with Gasteiger partial charge in [0, 0.05) is 31.9 Å². The number of carboxylic acid groups (broad SMARTS) is 1. The van der Waals surface area contributed by atoms with E-state index in [4.69, 9.17) is 9.32 Å². The zero-order valence-electron chi connectivity index (χ0n) is 11.6. The summed E-state index contributed by atoms with van der Waals surface area (Å²) in [6, 6.07) is 7.24. The average Bonchev–Trinajstić information content (AvgIpc) is 2.38. The Morgan fingerprint density at radius 2 is 1.67 bits per heavy atom. The van der Waals surface area contributed by atoms with Crippen LogP contribution in [-0.2, 0) is 18.8 Å². The molecule has 0 aromatic heterocycles. The van der Waals surface area contributed by atoms with Crippen LogP contribution in [0.1, 0.15) is 13.8 Å². The van der Waals surface area contributed by atoms with Gasteiger partial charge in [-0.25, -0.2) is 4.21 Å². The molecule has 1 aromatic carbocycles. The van der Waals surface area contributed by atoms with Gasteiger partial charge in [0.1, 0.15) is 5.41 Å². The summed E-state index contributed by atoms with van der Waals surface area (Å²) in [6.45, 7) is 2.75. The topological polar surface area (TPSA) is 83.5 Å². The largest absolute Gasteiger partial charge is 0.480 e. The molecule has 1 amide bonds. The average molecular weight is 372 g/mol. The number of nitrogens with one attached hydrogen (secondary N) is 1. The lowest BCUT2D eigenvalue weighted by Crippen LogP contribution is -2.37. The lowest BCUT2D eigenvalue weighted by Gasteiger charge is -2.18. The number of rotatable bonds is 4. The quantitative estimate of drug-likeness (QED) is 0.480. The molecule has 0 saturated heterocycles. The number of carbonyl (C=O) groups is 2. The van der Waals surface area contributed by atoms with Crippen LogP contribution in [0.15, 0.2) is 29.2 Å². The predicted molar refractivity (Wildman–Crippen MR) is 88.1 cm³/mol. The molecular formula is C12H15Cl2NO4S2. The SMILES string of the molecule is CSc1ccc(NC(=O)C(C)(C)C(=O)O)cc1.O=S(Cl)Cl. The monoisotopic (exact) mass is 371 g/mol. The van der Waals surface area contributed by atoms with Crippen molar-refractivity contribution in [2.45, 2.75) is 18.7 Å². The Labute approximate surface area is 138 Å². The number of hydrogen-bond donors (Lipinski definition) is 2. The van der Waals surface area contributed by atoms with Crippen molar-refractivity contribution in [1.29, 1.82) is 0 Å². The highest BCUT2D eigenvalue weighted by Crippen LogP contribution is 2.21. The summed E-state index contributed by atoms with van der Waals surface area (Å²) in [5.41, 5.74) is -0.833. The fraction of sp³-hybridized carbons (Fsp3) is 0.333.